The van der Waals surface area contributed by atoms with Gasteiger partial charge in [0.05, 0.1) is 12.0 Å². The number of non-ortho nitro benzene ring substituents is 1. The van der Waals surface area contributed by atoms with E-state index in [1.165, 1.54) is 6.07 Å². The number of nitrogens with zero attached hydrogens (tertiary/aromatic N) is 1. The Bertz CT molecular complexity index is 393. The molecule has 0 aliphatic rings. The molecule has 0 aliphatic heterocycles. The summed E-state index contributed by atoms with van der Waals surface area (Å²) in [6, 6.07) is 5.00. The summed E-state index contributed by atoms with van der Waals surface area (Å²) in [4.78, 5) is 10.3. The molecule has 0 saturated carbocycles. The van der Waals surface area contributed by atoms with Crippen LogP contribution < -0.4 is 10.1 Å². The molecule has 1 aromatic rings. The van der Waals surface area contributed by atoms with Gasteiger partial charge in [0.1, 0.15) is 5.75 Å². The molecule has 0 fully saturated rings. The van der Waals surface area contributed by atoms with E-state index in [9.17, 15) is 10.1 Å². The molecular weight excluding hydrogens is 220 g/mol. The summed E-state index contributed by atoms with van der Waals surface area (Å²) >= 11 is 0. The fraction of sp³-hybridized carbons (Fsp3) is 0.500. The lowest BCUT2D eigenvalue weighted by Crippen LogP contribution is -2.24. The van der Waals surface area contributed by atoms with Crippen LogP contribution in [0.5, 0.6) is 5.75 Å². The van der Waals surface area contributed by atoms with Crippen LogP contribution in [0, 0.1) is 10.1 Å². The number of hydrogen-bond acceptors (Lipinski definition) is 4. The van der Waals surface area contributed by atoms with Crippen molar-refractivity contribution in [1.82, 2.24) is 5.32 Å². The maximum absolute atomic E-state index is 10.7. The maximum Gasteiger partial charge on any atom is 0.270 e. The van der Waals surface area contributed by atoms with E-state index < -0.39 is 4.92 Å². The Balaban J connectivity index is 2.86. The van der Waals surface area contributed by atoms with Crippen LogP contribution in [0.4, 0.5) is 5.69 Å². The van der Waals surface area contributed by atoms with E-state index in [-0.39, 0.29) is 5.69 Å². The lowest BCUT2D eigenvalue weighted by atomic mass is 10.1. The van der Waals surface area contributed by atoms with Crippen molar-refractivity contribution in [2.24, 2.45) is 0 Å². The van der Waals surface area contributed by atoms with Gasteiger partial charge in [-0.05, 0) is 19.4 Å². The zero-order valence-corrected chi connectivity index (χ0v) is 10.4. The van der Waals surface area contributed by atoms with Gasteiger partial charge >= 0.3 is 0 Å². The van der Waals surface area contributed by atoms with E-state index >= 15 is 0 Å². The summed E-state index contributed by atoms with van der Waals surface area (Å²) in [7, 11) is 1.56. The summed E-state index contributed by atoms with van der Waals surface area (Å²) in [6.07, 6.45) is 1.01. The van der Waals surface area contributed by atoms with Gasteiger partial charge in [-0.3, -0.25) is 10.1 Å². The quantitative estimate of drug-likeness (QED) is 0.611. The first-order valence-corrected chi connectivity index (χ1v) is 5.63. The lowest BCUT2D eigenvalue weighted by molar-refractivity contribution is -0.384. The molecule has 1 rings (SSSR count). The van der Waals surface area contributed by atoms with E-state index in [2.05, 4.69) is 19.2 Å². The fourth-order valence-corrected chi connectivity index (χ4v) is 1.45. The third-order valence-electron chi connectivity index (χ3n) is 2.73. The largest absolute Gasteiger partial charge is 0.496 e. The van der Waals surface area contributed by atoms with Crippen LogP contribution in [-0.4, -0.2) is 18.1 Å². The first-order chi connectivity index (χ1) is 8.08. The van der Waals surface area contributed by atoms with Gasteiger partial charge in [0, 0.05) is 30.3 Å². The average molecular weight is 238 g/mol. The van der Waals surface area contributed by atoms with Crippen LogP contribution in [0.15, 0.2) is 18.2 Å². The molecule has 5 nitrogen and oxygen atoms in total. The molecule has 94 valence electrons. The second-order valence-corrected chi connectivity index (χ2v) is 3.94. The second kappa shape index (κ2) is 6.20. The molecule has 0 bridgehead atoms. The van der Waals surface area contributed by atoms with Crippen LogP contribution in [0.2, 0.25) is 0 Å². The van der Waals surface area contributed by atoms with Crippen LogP contribution in [0.1, 0.15) is 25.8 Å². The van der Waals surface area contributed by atoms with E-state index in [1.807, 2.05) is 0 Å². The van der Waals surface area contributed by atoms with Crippen molar-refractivity contribution >= 4 is 5.69 Å². The van der Waals surface area contributed by atoms with E-state index in [0.29, 0.717) is 18.3 Å². The average Bonchev–Trinajstić information content (AvgIpc) is 2.35. The molecule has 17 heavy (non-hydrogen) atoms. The van der Waals surface area contributed by atoms with Crippen molar-refractivity contribution in [3.8, 4) is 5.75 Å². The number of methoxy groups -OCH3 is 1. The Hall–Kier alpha value is -1.62. The van der Waals surface area contributed by atoms with Crippen LogP contribution >= 0.6 is 0 Å². The Morgan fingerprint density at radius 1 is 1.53 bits per heavy atom. The molecule has 1 N–H and O–H groups in total. The van der Waals surface area contributed by atoms with Gasteiger partial charge in [0.2, 0.25) is 0 Å². The van der Waals surface area contributed by atoms with E-state index in [1.54, 1.807) is 19.2 Å². The molecule has 0 aromatic heterocycles. The van der Waals surface area contributed by atoms with Crippen molar-refractivity contribution in [2.75, 3.05) is 7.11 Å². The second-order valence-electron chi connectivity index (χ2n) is 3.94. The normalized spacial score (nSPS) is 12.2. The number of ether oxygens (including phenoxy) is 1. The zero-order chi connectivity index (χ0) is 12.8. The molecule has 0 spiro atoms. The topological polar surface area (TPSA) is 64.4 Å². The Morgan fingerprint density at radius 2 is 2.24 bits per heavy atom. The number of nitrogens with one attached hydrogen (secondary N) is 1. The predicted molar refractivity (Wildman–Crippen MR) is 66.2 cm³/mol. The molecule has 1 atom stereocenters. The maximum atomic E-state index is 10.7. The molecule has 0 radical (unpaired) electrons. The van der Waals surface area contributed by atoms with Crippen LogP contribution in [-0.2, 0) is 6.54 Å². The minimum Gasteiger partial charge on any atom is -0.496 e. The molecule has 0 amide bonds. The summed E-state index contributed by atoms with van der Waals surface area (Å²) in [5.41, 5.74) is 0.897. The molecule has 5 heteroatoms. The zero-order valence-electron chi connectivity index (χ0n) is 10.4. The highest BCUT2D eigenvalue weighted by molar-refractivity contribution is 5.43. The number of nitro groups is 1. The Morgan fingerprint density at radius 3 is 2.76 bits per heavy atom. The summed E-state index contributed by atoms with van der Waals surface area (Å²) in [6.45, 7) is 4.73. The highest BCUT2D eigenvalue weighted by Crippen LogP contribution is 2.23. The van der Waals surface area contributed by atoms with Gasteiger partial charge < -0.3 is 10.1 Å². The monoisotopic (exact) mass is 238 g/mol. The number of nitro benzene ring substituents is 1. The van der Waals surface area contributed by atoms with Crippen LogP contribution in [0.25, 0.3) is 0 Å². The van der Waals surface area contributed by atoms with Crippen molar-refractivity contribution in [3.05, 3.63) is 33.9 Å². The molecule has 0 heterocycles. The molecule has 0 aliphatic carbocycles. The minimum atomic E-state index is -0.397. The molecular formula is C12H18N2O3. The fourth-order valence-electron chi connectivity index (χ4n) is 1.45. The van der Waals surface area contributed by atoms with Gasteiger partial charge in [-0.1, -0.05) is 6.92 Å². The Labute approximate surface area is 101 Å². The third kappa shape index (κ3) is 3.71. The van der Waals surface area contributed by atoms with Crippen molar-refractivity contribution in [2.45, 2.75) is 32.9 Å². The van der Waals surface area contributed by atoms with E-state index in [0.717, 1.165) is 12.0 Å². The Kier molecular flexibility index (Phi) is 4.90. The van der Waals surface area contributed by atoms with Crippen molar-refractivity contribution < 1.29 is 9.66 Å². The molecule has 1 aromatic carbocycles. The number of rotatable bonds is 6. The molecule has 0 saturated heterocycles. The standard InChI is InChI=1S/C12H18N2O3/c1-4-9(2)13-8-10-7-11(14(15)16)5-6-12(10)17-3/h5-7,9,13H,4,8H2,1-3H3. The highest BCUT2D eigenvalue weighted by Gasteiger charge is 2.11. The smallest absolute Gasteiger partial charge is 0.270 e. The van der Waals surface area contributed by atoms with Gasteiger partial charge in [0.25, 0.3) is 5.69 Å². The molecule has 1 unspecified atom stereocenters. The highest BCUT2D eigenvalue weighted by atomic mass is 16.6. The summed E-state index contributed by atoms with van der Waals surface area (Å²) < 4.78 is 5.18. The number of benzene rings is 1. The van der Waals surface area contributed by atoms with Crippen LogP contribution in [0.3, 0.4) is 0 Å². The van der Waals surface area contributed by atoms with Gasteiger partial charge in [-0.25, -0.2) is 0 Å². The summed E-state index contributed by atoms with van der Waals surface area (Å²) in [5, 5.41) is 14.0. The van der Waals surface area contributed by atoms with Gasteiger partial charge in [-0.15, -0.1) is 0 Å². The minimum absolute atomic E-state index is 0.0896. The third-order valence-corrected chi connectivity index (χ3v) is 2.73. The first kappa shape index (κ1) is 13.4. The SMILES string of the molecule is CCC(C)NCc1cc([N+](=O)[O-])ccc1OC. The van der Waals surface area contributed by atoms with E-state index in [4.69, 9.17) is 4.74 Å². The first-order valence-electron chi connectivity index (χ1n) is 5.63. The lowest BCUT2D eigenvalue weighted by Gasteiger charge is -2.13. The number of hydrogen-bond donors (Lipinski definition) is 1. The van der Waals surface area contributed by atoms with Gasteiger partial charge in [-0.2, -0.15) is 0 Å². The van der Waals surface area contributed by atoms with Gasteiger partial charge in [0.15, 0.2) is 0 Å². The predicted octanol–water partition coefficient (Wildman–Crippen LogP) is 2.49. The summed E-state index contributed by atoms with van der Waals surface area (Å²) in [5.74, 6) is 0.673. The van der Waals surface area contributed by atoms with Crippen molar-refractivity contribution in [3.63, 3.8) is 0 Å². The van der Waals surface area contributed by atoms with Crippen molar-refractivity contribution in [1.29, 1.82) is 0 Å².